The smallest absolute Gasteiger partial charge is 0.271 e. The molecular formula is C27H27BrClN3O5. The van der Waals surface area contributed by atoms with Gasteiger partial charge in [-0.3, -0.25) is 9.59 Å². The maximum absolute atomic E-state index is 12.5. The van der Waals surface area contributed by atoms with Gasteiger partial charge in [-0.25, -0.2) is 5.43 Å². The monoisotopic (exact) mass is 587 g/mol. The first-order valence-electron chi connectivity index (χ1n) is 11.4. The van der Waals surface area contributed by atoms with E-state index >= 15 is 0 Å². The van der Waals surface area contributed by atoms with E-state index in [1.54, 1.807) is 48.5 Å². The van der Waals surface area contributed by atoms with Crippen molar-refractivity contribution in [2.24, 2.45) is 5.10 Å². The Bertz CT molecular complexity index is 1300. The van der Waals surface area contributed by atoms with Gasteiger partial charge in [0.25, 0.3) is 11.8 Å². The maximum Gasteiger partial charge on any atom is 0.271 e. The molecule has 3 rings (SSSR count). The highest BCUT2D eigenvalue weighted by atomic mass is 79.9. The number of nitrogens with one attached hydrogen (secondary N) is 2. The van der Waals surface area contributed by atoms with E-state index in [4.69, 9.17) is 25.8 Å². The lowest BCUT2D eigenvalue weighted by atomic mass is 10.2. The van der Waals surface area contributed by atoms with Crippen LogP contribution in [-0.4, -0.2) is 38.4 Å². The molecule has 0 saturated carbocycles. The van der Waals surface area contributed by atoms with Crippen LogP contribution in [0.1, 0.15) is 34.8 Å². The number of carbonyl (C=O) groups is 2. The van der Waals surface area contributed by atoms with Gasteiger partial charge in [0, 0.05) is 16.3 Å². The van der Waals surface area contributed by atoms with E-state index in [0.29, 0.717) is 50.2 Å². The van der Waals surface area contributed by atoms with Gasteiger partial charge in [0.1, 0.15) is 5.75 Å². The average Bonchev–Trinajstić information content (AvgIpc) is 2.89. The summed E-state index contributed by atoms with van der Waals surface area (Å²) in [4.78, 5) is 24.7. The van der Waals surface area contributed by atoms with Gasteiger partial charge < -0.3 is 19.5 Å². The molecule has 0 bridgehead atoms. The number of methoxy groups -OCH3 is 1. The minimum absolute atomic E-state index is 0.181. The van der Waals surface area contributed by atoms with Crippen LogP contribution in [0.3, 0.4) is 0 Å². The molecule has 0 radical (unpaired) electrons. The minimum atomic E-state index is -0.392. The SMILES string of the molecule is CCCOc1ccc(C(=O)N/N=C/c2ccc(OCC(=O)Nc3ccc(C)c(Cl)c3)c(Br)c2)cc1OC. The number of benzene rings is 3. The van der Waals surface area contributed by atoms with Crippen molar-refractivity contribution in [1.82, 2.24) is 5.43 Å². The van der Waals surface area contributed by atoms with Crippen molar-refractivity contribution in [3.63, 3.8) is 0 Å². The molecule has 0 fully saturated rings. The van der Waals surface area contributed by atoms with E-state index in [1.165, 1.54) is 13.3 Å². The quantitative estimate of drug-likeness (QED) is 0.212. The number of hydrogen-bond donors (Lipinski definition) is 2. The normalized spacial score (nSPS) is 10.7. The largest absolute Gasteiger partial charge is 0.493 e. The van der Waals surface area contributed by atoms with Crippen LogP contribution in [0.2, 0.25) is 5.02 Å². The molecule has 0 spiro atoms. The van der Waals surface area contributed by atoms with Crippen molar-refractivity contribution in [1.29, 1.82) is 0 Å². The van der Waals surface area contributed by atoms with E-state index in [-0.39, 0.29) is 12.5 Å². The molecule has 0 atom stereocenters. The van der Waals surface area contributed by atoms with Gasteiger partial charge in [-0.1, -0.05) is 24.6 Å². The summed E-state index contributed by atoms with van der Waals surface area (Å²) in [6.45, 7) is 4.27. The van der Waals surface area contributed by atoms with Crippen molar-refractivity contribution in [2.45, 2.75) is 20.3 Å². The molecule has 37 heavy (non-hydrogen) atoms. The van der Waals surface area contributed by atoms with Crippen molar-refractivity contribution in [2.75, 3.05) is 25.6 Å². The molecule has 3 aromatic carbocycles. The van der Waals surface area contributed by atoms with Crippen LogP contribution in [0.4, 0.5) is 5.69 Å². The predicted octanol–water partition coefficient (Wildman–Crippen LogP) is 5.99. The third kappa shape index (κ3) is 8.23. The van der Waals surface area contributed by atoms with E-state index < -0.39 is 5.91 Å². The highest BCUT2D eigenvalue weighted by Crippen LogP contribution is 2.28. The van der Waals surface area contributed by atoms with E-state index in [0.717, 1.165) is 12.0 Å². The first kappa shape index (κ1) is 28.0. The molecular weight excluding hydrogens is 562 g/mol. The van der Waals surface area contributed by atoms with Gasteiger partial charge in [0.2, 0.25) is 0 Å². The summed E-state index contributed by atoms with van der Waals surface area (Å²) in [7, 11) is 1.52. The van der Waals surface area contributed by atoms with Crippen molar-refractivity contribution in [3.8, 4) is 17.2 Å². The summed E-state index contributed by atoms with van der Waals surface area (Å²) in [6, 6.07) is 15.4. The Hall–Kier alpha value is -3.56. The number of halogens is 2. The van der Waals surface area contributed by atoms with Crippen LogP contribution in [0, 0.1) is 6.92 Å². The lowest BCUT2D eigenvalue weighted by molar-refractivity contribution is -0.118. The molecule has 0 unspecified atom stereocenters. The molecule has 10 heteroatoms. The Morgan fingerprint density at radius 1 is 1.03 bits per heavy atom. The first-order chi connectivity index (χ1) is 17.8. The predicted molar refractivity (Wildman–Crippen MR) is 148 cm³/mol. The van der Waals surface area contributed by atoms with E-state index in [9.17, 15) is 9.59 Å². The van der Waals surface area contributed by atoms with Crippen LogP contribution in [-0.2, 0) is 4.79 Å². The van der Waals surface area contributed by atoms with Crippen LogP contribution in [0.5, 0.6) is 17.2 Å². The second-order valence-corrected chi connectivity index (χ2v) is 9.17. The Labute approximate surface area is 229 Å². The Kier molecular flexibility index (Phi) is 10.3. The van der Waals surface area contributed by atoms with Crippen molar-refractivity contribution >= 4 is 51.2 Å². The average molecular weight is 589 g/mol. The topological polar surface area (TPSA) is 98.3 Å². The number of rotatable bonds is 11. The standard InChI is InChI=1S/C27H27BrClN3O5/c1-4-11-36-24-10-7-19(13-25(24)35-3)27(34)32-30-15-18-6-9-23(21(28)12-18)37-16-26(33)31-20-8-5-17(2)22(29)14-20/h5-10,12-15H,4,11,16H2,1-3H3,(H,31,33)(H,32,34)/b30-15+. The molecule has 8 nitrogen and oxygen atoms in total. The molecule has 0 aliphatic heterocycles. The van der Waals surface area contributed by atoms with E-state index in [2.05, 4.69) is 31.8 Å². The third-order valence-electron chi connectivity index (χ3n) is 5.04. The Balaban J connectivity index is 1.53. The van der Waals surface area contributed by atoms with Crippen molar-refractivity contribution < 1.29 is 23.8 Å². The Morgan fingerprint density at radius 2 is 1.81 bits per heavy atom. The van der Waals surface area contributed by atoms with Gasteiger partial charge in [-0.15, -0.1) is 0 Å². The molecule has 3 aromatic rings. The number of hydrogen-bond acceptors (Lipinski definition) is 6. The van der Waals surface area contributed by atoms with Gasteiger partial charge in [0.15, 0.2) is 18.1 Å². The number of carbonyl (C=O) groups excluding carboxylic acids is 2. The fraction of sp³-hybridized carbons (Fsp3) is 0.222. The number of anilines is 1. The van der Waals surface area contributed by atoms with Crippen LogP contribution < -0.4 is 25.0 Å². The zero-order chi connectivity index (χ0) is 26.8. The minimum Gasteiger partial charge on any atom is -0.493 e. The van der Waals surface area contributed by atoms with Gasteiger partial charge >= 0.3 is 0 Å². The highest BCUT2D eigenvalue weighted by Gasteiger charge is 2.11. The number of ether oxygens (including phenoxy) is 3. The molecule has 194 valence electrons. The van der Waals surface area contributed by atoms with Crippen LogP contribution in [0.25, 0.3) is 0 Å². The van der Waals surface area contributed by atoms with Gasteiger partial charge in [-0.2, -0.15) is 5.10 Å². The number of aryl methyl sites for hydroxylation is 1. The van der Waals surface area contributed by atoms with Crippen LogP contribution >= 0.6 is 27.5 Å². The maximum atomic E-state index is 12.5. The second kappa shape index (κ2) is 13.7. The fourth-order valence-corrected chi connectivity index (χ4v) is 3.79. The molecule has 2 amide bonds. The second-order valence-electron chi connectivity index (χ2n) is 7.90. The highest BCUT2D eigenvalue weighted by molar-refractivity contribution is 9.10. The third-order valence-corrected chi connectivity index (χ3v) is 6.06. The lowest BCUT2D eigenvalue weighted by Crippen LogP contribution is -2.20. The Morgan fingerprint density at radius 3 is 2.51 bits per heavy atom. The lowest BCUT2D eigenvalue weighted by Gasteiger charge is -2.11. The van der Waals surface area contributed by atoms with Gasteiger partial charge in [0.05, 0.1) is 24.4 Å². The molecule has 0 aliphatic rings. The molecule has 0 aliphatic carbocycles. The van der Waals surface area contributed by atoms with Gasteiger partial charge in [-0.05, 0) is 88.9 Å². The first-order valence-corrected chi connectivity index (χ1v) is 12.6. The summed E-state index contributed by atoms with van der Waals surface area (Å²) in [5.74, 6) is 0.823. The fourth-order valence-electron chi connectivity index (χ4n) is 3.10. The number of hydrazone groups is 1. The molecule has 0 heterocycles. The molecule has 2 N–H and O–H groups in total. The summed E-state index contributed by atoms with van der Waals surface area (Å²) in [5.41, 5.74) is 5.10. The summed E-state index contributed by atoms with van der Waals surface area (Å²) >= 11 is 9.52. The zero-order valence-corrected chi connectivity index (χ0v) is 23.0. The molecule has 0 aromatic heterocycles. The van der Waals surface area contributed by atoms with Crippen molar-refractivity contribution in [3.05, 3.63) is 80.8 Å². The number of nitrogens with zero attached hydrogens (tertiary/aromatic N) is 1. The zero-order valence-electron chi connectivity index (χ0n) is 20.6. The number of amides is 2. The summed E-state index contributed by atoms with van der Waals surface area (Å²) < 4.78 is 17.2. The summed E-state index contributed by atoms with van der Waals surface area (Å²) in [5, 5.41) is 7.33. The summed E-state index contributed by atoms with van der Waals surface area (Å²) in [6.07, 6.45) is 2.36. The van der Waals surface area contributed by atoms with E-state index in [1.807, 2.05) is 19.9 Å². The van der Waals surface area contributed by atoms with Crippen LogP contribution in [0.15, 0.2) is 64.2 Å². The molecule has 0 saturated heterocycles.